The van der Waals surface area contributed by atoms with Gasteiger partial charge in [0.05, 0.1) is 17.1 Å². The Hall–Kier alpha value is -2.88. The van der Waals surface area contributed by atoms with Crippen molar-refractivity contribution in [3.05, 3.63) is 38.2 Å². The van der Waals surface area contributed by atoms with Crippen molar-refractivity contribution < 1.29 is 33.1 Å². The Labute approximate surface area is 183 Å². The summed E-state index contributed by atoms with van der Waals surface area (Å²) in [6, 6.07) is 1.18. The van der Waals surface area contributed by atoms with Crippen LogP contribution in [0.1, 0.15) is 39.2 Å². The molecule has 1 aromatic rings. The number of nitro groups is 1. The predicted molar refractivity (Wildman–Crippen MR) is 111 cm³/mol. The minimum absolute atomic E-state index is 0.122. The summed E-state index contributed by atoms with van der Waals surface area (Å²) in [6.07, 6.45) is 2.14. The van der Waals surface area contributed by atoms with E-state index in [0.29, 0.717) is 25.0 Å². The molecular weight excluding hydrogens is 435 g/mol. The van der Waals surface area contributed by atoms with Gasteiger partial charge in [-0.05, 0) is 45.3 Å². The highest BCUT2D eigenvalue weighted by molar-refractivity contribution is 6.32. The van der Waals surface area contributed by atoms with Gasteiger partial charge in [0.25, 0.3) is 0 Å². The van der Waals surface area contributed by atoms with Crippen LogP contribution in [-0.2, 0) is 14.3 Å². The van der Waals surface area contributed by atoms with Crippen molar-refractivity contribution in [3.63, 3.8) is 0 Å². The Balaban J connectivity index is 2.33. The summed E-state index contributed by atoms with van der Waals surface area (Å²) in [6.45, 7) is 5.28. The third-order valence-corrected chi connectivity index (χ3v) is 4.53. The second-order valence-electron chi connectivity index (χ2n) is 7.87. The topological polar surface area (TPSA) is 108 Å². The van der Waals surface area contributed by atoms with Crippen molar-refractivity contribution in [2.24, 2.45) is 0 Å². The Morgan fingerprint density at radius 3 is 2.65 bits per heavy atom. The molecule has 0 radical (unpaired) electrons. The Morgan fingerprint density at radius 1 is 1.39 bits per heavy atom. The summed E-state index contributed by atoms with van der Waals surface area (Å²) in [5, 5.41) is 11.2. The van der Waals surface area contributed by atoms with Crippen LogP contribution in [0.4, 0.5) is 14.9 Å². The molecule has 31 heavy (non-hydrogen) atoms. The predicted octanol–water partition coefficient (Wildman–Crippen LogP) is 4.35. The lowest BCUT2D eigenvalue weighted by atomic mass is 10.0. The molecule has 1 heterocycles. The lowest BCUT2D eigenvalue weighted by molar-refractivity contribution is -0.388. The number of halogens is 2. The van der Waals surface area contributed by atoms with Crippen molar-refractivity contribution in [1.82, 2.24) is 4.90 Å². The molecule has 1 amide bonds. The average molecular weight is 459 g/mol. The highest BCUT2D eigenvalue weighted by atomic mass is 35.5. The van der Waals surface area contributed by atoms with Gasteiger partial charge >= 0.3 is 17.7 Å². The lowest BCUT2D eigenvalue weighted by Crippen LogP contribution is -2.40. The number of nitro benzene ring substituents is 1. The number of hydrogen-bond acceptors (Lipinski definition) is 7. The quantitative estimate of drug-likeness (QED) is 0.366. The largest absolute Gasteiger partial charge is 0.474 e. The summed E-state index contributed by atoms with van der Waals surface area (Å²) in [4.78, 5) is 35.5. The summed E-state index contributed by atoms with van der Waals surface area (Å²) >= 11 is 6.08. The molecule has 0 spiro atoms. The van der Waals surface area contributed by atoms with Crippen LogP contribution in [0.5, 0.6) is 5.75 Å². The minimum Gasteiger partial charge on any atom is -0.474 e. The second kappa shape index (κ2) is 9.95. The molecule has 1 fully saturated rings. The fourth-order valence-electron chi connectivity index (χ4n) is 2.93. The van der Waals surface area contributed by atoms with E-state index in [1.54, 1.807) is 20.8 Å². The van der Waals surface area contributed by atoms with Gasteiger partial charge in [0.2, 0.25) is 11.6 Å². The normalized spacial score (nSPS) is 15.5. The Bertz CT molecular complexity index is 912. The number of piperidine rings is 1. The van der Waals surface area contributed by atoms with Gasteiger partial charge in [-0.25, -0.2) is 9.59 Å². The summed E-state index contributed by atoms with van der Waals surface area (Å²) < 4.78 is 29.7. The van der Waals surface area contributed by atoms with Gasteiger partial charge in [-0.2, -0.15) is 4.39 Å². The molecule has 170 valence electrons. The highest BCUT2D eigenvalue weighted by Gasteiger charge is 2.30. The first-order valence-electron chi connectivity index (χ1n) is 9.46. The first-order valence-corrected chi connectivity index (χ1v) is 9.84. The van der Waals surface area contributed by atoms with Gasteiger partial charge in [-0.15, -0.1) is 0 Å². The van der Waals surface area contributed by atoms with Crippen molar-refractivity contribution in [1.29, 1.82) is 0 Å². The van der Waals surface area contributed by atoms with Gasteiger partial charge in [-0.3, -0.25) is 10.1 Å². The van der Waals surface area contributed by atoms with Crippen molar-refractivity contribution in [2.45, 2.75) is 39.2 Å². The molecule has 0 atom stereocenters. The van der Waals surface area contributed by atoms with Crippen molar-refractivity contribution in [3.8, 4) is 5.75 Å². The molecule has 1 aromatic carbocycles. The van der Waals surface area contributed by atoms with E-state index >= 15 is 0 Å². The van der Waals surface area contributed by atoms with Gasteiger partial charge in [0, 0.05) is 18.7 Å². The van der Waals surface area contributed by atoms with E-state index in [-0.39, 0.29) is 17.1 Å². The van der Waals surface area contributed by atoms with Crippen LogP contribution in [0.15, 0.2) is 11.6 Å². The number of methoxy groups -OCH3 is 1. The molecule has 0 aromatic heterocycles. The number of amides is 1. The molecule has 0 bridgehead atoms. The molecule has 2 rings (SSSR count). The summed E-state index contributed by atoms with van der Waals surface area (Å²) in [7, 11) is 1.11. The number of rotatable bonds is 5. The summed E-state index contributed by atoms with van der Waals surface area (Å²) in [5.41, 5.74) is -1.07. The maximum atomic E-state index is 15.0. The third-order valence-electron chi connectivity index (χ3n) is 4.25. The first kappa shape index (κ1) is 24.4. The molecule has 9 nitrogen and oxygen atoms in total. The van der Waals surface area contributed by atoms with Gasteiger partial charge in [0.1, 0.15) is 5.60 Å². The molecule has 0 N–H and O–H groups in total. The van der Waals surface area contributed by atoms with E-state index in [2.05, 4.69) is 4.74 Å². The van der Waals surface area contributed by atoms with Crippen LogP contribution >= 0.6 is 11.6 Å². The van der Waals surface area contributed by atoms with Gasteiger partial charge < -0.3 is 19.1 Å². The van der Waals surface area contributed by atoms with E-state index in [1.165, 1.54) is 17.0 Å². The number of benzene rings is 1. The van der Waals surface area contributed by atoms with Crippen LogP contribution in [0.2, 0.25) is 5.02 Å². The smallest absolute Gasteiger partial charge is 0.410 e. The summed E-state index contributed by atoms with van der Waals surface area (Å²) in [5.74, 6) is -2.52. The lowest BCUT2D eigenvalue weighted by Gasteiger charge is -2.31. The van der Waals surface area contributed by atoms with Crippen LogP contribution in [0.3, 0.4) is 0 Å². The second-order valence-corrected chi connectivity index (χ2v) is 8.28. The zero-order valence-corrected chi connectivity index (χ0v) is 18.5. The third kappa shape index (κ3) is 6.55. The molecule has 0 saturated carbocycles. The maximum absolute atomic E-state index is 15.0. The molecule has 1 aliphatic heterocycles. The van der Waals surface area contributed by atoms with E-state index < -0.39 is 46.4 Å². The van der Waals surface area contributed by atoms with E-state index in [9.17, 15) is 24.1 Å². The number of esters is 1. The fourth-order valence-corrected chi connectivity index (χ4v) is 3.19. The molecule has 1 aliphatic rings. The van der Waals surface area contributed by atoms with E-state index in [1.807, 2.05) is 0 Å². The standard InChI is InChI=1S/C20H24ClFN2O7/c1-20(2,3)31-19(26)23-7-5-6-12(10-23)8-13-9-14(21)18(30-11-15(25)29-4)17(16(13)22)24(27)28/h8-9H,5-7,10-11H2,1-4H3. The van der Waals surface area contributed by atoms with Crippen LogP contribution in [0.25, 0.3) is 6.08 Å². The molecular formula is C20H24ClFN2O7. The van der Waals surface area contributed by atoms with Crippen molar-refractivity contribution >= 4 is 35.4 Å². The number of nitrogens with zero attached hydrogens (tertiary/aromatic N) is 2. The Kier molecular flexibility index (Phi) is 7.83. The number of hydrogen-bond donors (Lipinski definition) is 0. The number of carbonyl (C=O) groups is 2. The van der Waals surface area contributed by atoms with Crippen LogP contribution < -0.4 is 4.74 Å². The van der Waals surface area contributed by atoms with Gasteiger partial charge in [0.15, 0.2) is 6.61 Å². The molecule has 11 heteroatoms. The average Bonchev–Trinajstić information content (AvgIpc) is 2.67. The zero-order chi connectivity index (χ0) is 23.3. The molecule has 0 aliphatic carbocycles. The number of likely N-dealkylation sites (tertiary alicyclic amines) is 1. The maximum Gasteiger partial charge on any atom is 0.410 e. The Morgan fingerprint density at radius 2 is 2.06 bits per heavy atom. The van der Waals surface area contributed by atoms with Crippen LogP contribution in [-0.4, -0.2) is 54.3 Å². The SMILES string of the molecule is COC(=O)COc1c(Cl)cc(C=C2CCCN(C(=O)OC(C)(C)C)C2)c(F)c1[N+](=O)[O-]. The zero-order valence-electron chi connectivity index (χ0n) is 17.7. The monoisotopic (exact) mass is 458 g/mol. The van der Waals surface area contributed by atoms with Crippen LogP contribution in [0, 0.1) is 15.9 Å². The van der Waals surface area contributed by atoms with E-state index in [0.717, 1.165) is 7.11 Å². The van der Waals surface area contributed by atoms with Crippen molar-refractivity contribution in [2.75, 3.05) is 26.8 Å². The first-order chi connectivity index (χ1) is 14.4. The molecule has 1 saturated heterocycles. The minimum atomic E-state index is -1.16. The molecule has 0 unspecified atom stereocenters. The number of ether oxygens (including phenoxy) is 3. The fraction of sp³-hybridized carbons (Fsp3) is 0.500. The van der Waals surface area contributed by atoms with E-state index in [4.69, 9.17) is 21.1 Å². The van der Waals surface area contributed by atoms with Gasteiger partial charge in [-0.1, -0.05) is 17.7 Å². The highest BCUT2D eigenvalue weighted by Crippen LogP contribution is 2.40. The number of carbonyl (C=O) groups excluding carboxylic acids is 2.